The van der Waals surface area contributed by atoms with Crippen LogP contribution in [0.2, 0.25) is 0 Å². The number of unbranched alkanes of at least 4 members (excludes halogenated alkanes) is 5. The molecule has 3 rings (SSSR count). The van der Waals surface area contributed by atoms with Gasteiger partial charge in [0.25, 0.3) is 17.7 Å². The van der Waals surface area contributed by atoms with E-state index in [2.05, 4.69) is 89.2 Å². The molecule has 0 spiro atoms. The fraction of sp³-hybridized carbons (Fsp3) is 0.431. The molecule has 9 nitrogen and oxygen atoms in total. The molecule has 15 heteroatoms. The van der Waals surface area contributed by atoms with E-state index < -0.39 is 0 Å². The number of hydroxylamine groups is 6. The van der Waals surface area contributed by atoms with E-state index in [4.69, 9.17) is 21.3 Å². The third kappa shape index (κ3) is 47.9. The van der Waals surface area contributed by atoms with Crippen LogP contribution >= 0.6 is 86.3 Å². The van der Waals surface area contributed by atoms with Gasteiger partial charge < -0.3 is 0 Å². The van der Waals surface area contributed by atoms with Crippen molar-refractivity contribution in [3.8, 4) is 0 Å². The van der Waals surface area contributed by atoms with E-state index >= 15 is 0 Å². The Morgan fingerprint density at radius 3 is 1.44 bits per heavy atom. The number of benzene rings is 3. The van der Waals surface area contributed by atoms with E-state index in [1.54, 1.807) is 25.9 Å². The van der Waals surface area contributed by atoms with Crippen molar-refractivity contribution in [2.75, 3.05) is 63.9 Å². The first-order valence-electron chi connectivity index (χ1n) is 21.5. The summed E-state index contributed by atoms with van der Waals surface area (Å²) in [5, 5.41) is 4.59. The molecule has 0 N–H and O–H groups in total. The molecule has 3 aromatic carbocycles. The fourth-order valence-corrected chi connectivity index (χ4v) is 7.00. The Hall–Kier alpha value is -2.54. The van der Waals surface area contributed by atoms with Gasteiger partial charge in [-0.05, 0) is 92.2 Å². The number of hydrogen-bond acceptors (Lipinski definition) is 9. The first-order valence-corrected chi connectivity index (χ1v) is 27.0. The summed E-state index contributed by atoms with van der Waals surface area (Å²) < 4.78 is 1.25. The molecule has 0 radical (unpaired) electrons. The molecule has 0 aliphatic carbocycles. The highest BCUT2D eigenvalue weighted by Crippen LogP contribution is 2.28. The molecule has 0 saturated carbocycles. The lowest BCUT2D eigenvalue weighted by molar-refractivity contribution is -0.168. The van der Waals surface area contributed by atoms with Crippen molar-refractivity contribution in [3.63, 3.8) is 0 Å². The lowest BCUT2D eigenvalue weighted by atomic mass is 10.2. The summed E-state index contributed by atoms with van der Waals surface area (Å²) in [5.41, 5.74) is 0. The second-order valence-corrected chi connectivity index (χ2v) is 18.0. The Kier molecular flexibility index (Phi) is 58.4. The minimum absolute atomic E-state index is 0.000385. The molecule has 3 aromatic rings. The number of thioether (sulfide) groups is 2. The highest BCUT2D eigenvalue weighted by atomic mass is 127. The number of carbonyl (C=O) groups excluding carboxylic acids is 3. The van der Waals surface area contributed by atoms with E-state index in [-0.39, 0.29) is 28.9 Å². The molecule has 0 fully saturated rings. The first kappa shape index (κ1) is 70.0. The normalized spacial score (nSPS) is 9.74. The lowest BCUT2D eigenvalue weighted by Gasteiger charge is -2.21. The van der Waals surface area contributed by atoms with Gasteiger partial charge >= 0.3 is 0 Å². The predicted octanol–water partition coefficient (Wildman–Crippen LogP) is 14.6. The van der Waals surface area contributed by atoms with Gasteiger partial charge in [-0.25, -0.2) is 15.2 Å². The van der Waals surface area contributed by atoms with Crippen LogP contribution in [-0.4, -0.2) is 102 Å². The largest absolute Gasteiger partial charge is 0.275 e. The van der Waals surface area contributed by atoms with E-state index in [0.29, 0.717) is 5.75 Å². The van der Waals surface area contributed by atoms with Crippen LogP contribution in [0.1, 0.15) is 71.1 Å². The topological polar surface area (TPSA) is 88.6 Å². The zero-order chi connectivity index (χ0) is 50.6. The summed E-state index contributed by atoms with van der Waals surface area (Å²) in [7, 11) is 9.15. The van der Waals surface area contributed by atoms with E-state index in [1.165, 1.54) is 93.2 Å². The maximum atomic E-state index is 12.2. The first-order chi connectivity index (χ1) is 31.8. The van der Waals surface area contributed by atoms with Crippen LogP contribution in [0.3, 0.4) is 0 Å². The number of nitrogens with zero attached hydrogens (tertiary/aromatic N) is 3. The van der Waals surface area contributed by atoms with Crippen molar-refractivity contribution in [1.82, 2.24) is 15.2 Å². The molecule has 0 aliphatic rings. The second-order valence-electron chi connectivity index (χ2n) is 13.0. The van der Waals surface area contributed by atoms with Crippen molar-refractivity contribution in [2.24, 2.45) is 0 Å². The molecule has 372 valence electrons. The minimum Gasteiger partial charge on any atom is -0.275 e. The molecule has 0 aromatic heterocycles. The number of amides is 3. The van der Waals surface area contributed by atoms with Crippen LogP contribution in [0.25, 0.3) is 0 Å². The van der Waals surface area contributed by atoms with Crippen LogP contribution in [0.4, 0.5) is 0 Å². The number of rotatable bonds is 23. The van der Waals surface area contributed by atoms with Crippen LogP contribution in [0.5, 0.6) is 0 Å². The molecule has 1 atom stereocenters. The van der Waals surface area contributed by atoms with Crippen molar-refractivity contribution in [2.45, 2.75) is 91.1 Å². The van der Waals surface area contributed by atoms with Crippen molar-refractivity contribution in [1.29, 1.82) is 0 Å². The van der Waals surface area contributed by atoms with Gasteiger partial charge in [0.05, 0.1) is 32.3 Å². The zero-order valence-corrected chi connectivity index (χ0v) is 47.5. The van der Waals surface area contributed by atoms with Crippen LogP contribution < -0.4 is 0 Å². The van der Waals surface area contributed by atoms with Gasteiger partial charge in [-0.15, -0.1) is 74.1 Å². The molecule has 1 unspecified atom stereocenters. The van der Waals surface area contributed by atoms with Gasteiger partial charge in [0.2, 0.25) is 0 Å². The standard InChI is InChI=1S/C15H21NO2S.C10H13NO2S.C6H6S.C6H12.C5H9Br.C5H9I.C4H8ClNO2/c1-4-5-7-12-14(15(17)16(2)18-3)19-13-10-8-6-9-11-13;1-11(13-2)10(12)8-14-9-6-4-3-5-7-9;7-6-4-2-1-3-5-6;1-3-5-6-4-2;2*1-2-3-4-5-6;1-6(8-2)4(7)3-5/h4,6,8-11,14H,1,5,7,12H2,2-3H3;3-7H,8H2,1-2H3;1-5,7H;3H,1,4-6H2,2H3;2*2H,1,3-5H2;3H2,1-2H3. The van der Waals surface area contributed by atoms with Crippen molar-refractivity contribution >= 4 is 104 Å². The Morgan fingerprint density at radius 1 is 0.682 bits per heavy atom. The summed E-state index contributed by atoms with van der Waals surface area (Å²) in [6.45, 7) is 16.7. The van der Waals surface area contributed by atoms with Gasteiger partial charge in [0.1, 0.15) is 5.88 Å². The quantitative estimate of drug-likeness (QED) is 0.0191. The molecular formula is C51H78BrClIN3O6S3. The molecule has 0 bridgehead atoms. The van der Waals surface area contributed by atoms with Gasteiger partial charge in [0, 0.05) is 41.2 Å². The third-order valence-electron chi connectivity index (χ3n) is 7.83. The minimum atomic E-state index is -0.242. The summed E-state index contributed by atoms with van der Waals surface area (Å²) in [4.78, 5) is 51.4. The zero-order valence-electron chi connectivity index (χ0n) is 40.5. The highest BCUT2D eigenvalue weighted by Gasteiger charge is 2.23. The average molecular weight is 1170 g/mol. The SMILES string of the molecule is C=CCCCBr.C=CCCCC.C=CCCCC(Sc1ccccc1)C(=O)N(C)OC.C=CCCCI.CON(C)C(=O)CCl.CON(C)C(=O)CSc1ccccc1.Sc1ccccc1. The number of halogens is 3. The maximum Gasteiger partial charge on any atom is 0.260 e. The van der Waals surface area contributed by atoms with E-state index in [9.17, 15) is 14.4 Å². The molecule has 3 amide bonds. The predicted molar refractivity (Wildman–Crippen MR) is 302 cm³/mol. The molecular weight excluding hydrogens is 1090 g/mol. The van der Waals surface area contributed by atoms with Crippen LogP contribution in [0.15, 0.2) is 156 Å². The van der Waals surface area contributed by atoms with Crippen LogP contribution in [-0.2, 0) is 28.9 Å². The van der Waals surface area contributed by atoms with Crippen molar-refractivity contribution < 1.29 is 28.9 Å². The number of hydrogen-bond donors (Lipinski definition) is 1. The highest BCUT2D eigenvalue weighted by molar-refractivity contribution is 14.1. The third-order valence-corrected chi connectivity index (χ3v) is 11.9. The molecule has 66 heavy (non-hydrogen) atoms. The number of alkyl halides is 3. The summed E-state index contributed by atoms with van der Waals surface area (Å²) in [6, 6.07) is 29.6. The van der Waals surface area contributed by atoms with Gasteiger partial charge in [-0.3, -0.25) is 28.9 Å². The van der Waals surface area contributed by atoms with Gasteiger partial charge in [-0.1, -0.05) is 137 Å². The second kappa shape index (κ2) is 55.1. The van der Waals surface area contributed by atoms with Gasteiger partial charge in [-0.2, -0.15) is 0 Å². The maximum absolute atomic E-state index is 12.2. The number of carbonyl (C=O) groups is 3. The molecule has 0 saturated heterocycles. The fourth-order valence-electron chi connectivity index (χ4n) is 3.90. The smallest absolute Gasteiger partial charge is 0.260 e. The average Bonchev–Trinajstić information content (AvgIpc) is 3.36. The number of allylic oxidation sites excluding steroid dienone is 4. The monoisotopic (exact) mass is 1170 g/mol. The van der Waals surface area contributed by atoms with E-state index in [1.807, 2.05) is 115 Å². The van der Waals surface area contributed by atoms with E-state index in [0.717, 1.165) is 50.8 Å². The lowest BCUT2D eigenvalue weighted by Crippen LogP contribution is -2.33. The van der Waals surface area contributed by atoms with Crippen molar-refractivity contribution in [3.05, 3.63) is 142 Å². The molecule has 0 aliphatic heterocycles. The summed E-state index contributed by atoms with van der Waals surface area (Å²) in [6.07, 6.45) is 19.0. The number of thiol groups is 1. The summed E-state index contributed by atoms with van der Waals surface area (Å²) >= 11 is 18.0. The molecule has 0 heterocycles. The van der Waals surface area contributed by atoms with Crippen LogP contribution in [0, 0.1) is 0 Å². The summed E-state index contributed by atoms with van der Waals surface area (Å²) in [5.74, 6) is 0.0783. The Bertz CT molecular complexity index is 1560. The Morgan fingerprint density at radius 2 is 1.11 bits per heavy atom. The van der Waals surface area contributed by atoms with Gasteiger partial charge in [0.15, 0.2) is 0 Å². The Labute approximate surface area is 441 Å². The Balaban J connectivity index is -0.000000360.